The number of nitrogens with zero attached hydrogens (tertiary/aromatic N) is 1. The molecule has 3 heterocycles. The van der Waals surface area contributed by atoms with Gasteiger partial charge in [0.15, 0.2) is 5.78 Å². The number of ketones is 1. The first-order valence-corrected chi connectivity index (χ1v) is 12.5. The van der Waals surface area contributed by atoms with Crippen LogP contribution in [0.4, 0.5) is 0 Å². The molecule has 1 amide bonds. The number of carbonyl (C=O) groups excluding carboxylic acids is 2. The molecule has 5 heteroatoms. The average Bonchev–Trinajstić information content (AvgIpc) is 3.48. The van der Waals surface area contributed by atoms with Crippen molar-refractivity contribution in [3.63, 3.8) is 0 Å². The maximum absolute atomic E-state index is 12.9. The fraction of sp³-hybridized carbons (Fsp3) is 0.267. The summed E-state index contributed by atoms with van der Waals surface area (Å²) in [6.45, 7) is 5.41. The van der Waals surface area contributed by atoms with Crippen LogP contribution in [0.15, 0.2) is 60.7 Å². The van der Waals surface area contributed by atoms with E-state index in [1.165, 1.54) is 43.3 Å². The molecule has 2 aliphatic rings. The molecule has 5 nitrogen and oxygen atoms in total. The lowest BCUT2D eigenvalue weighted by Crippen LogP contribution is -2.28. The van der Waals surface area contributed by atoms with Crippen LogP contribution in [0.2, 0.25) is 0 Å². The molecule has 1 fully saturated rings. The van der Waals surface area contributed by atoms with Gasteiger partial charge >= 0.3 is 0 Å². The van der Waals surface area contributed by atoms with Crippen molar-refractivity contribution in [1.29, 1.82) is 0 Å². The van der Waals surface area contributed by atoms with Crippen LogP contribution in [0.5, 0.6) is 0 Å². The zero-order chi connectivity index (χ0) is 23.9. The minimum atomic E-state index is -0.0518. The van der Waals surface area contributed by atoms with Gasteiger partial charge in [-0.1, -0.05) is 42.8 Å². The van der Waals surface area contributed by atoms with Crippen molar-refractivity contribution in [2.75, 3.05) is 13.1 Å². The molecule has 0 atom stereocenters. The number of H-pyrrole nitrogens is 1. The molecule has 1 saturated heterocycles. The number of hydrogen-bond acceptors (Lipinski definition) is 3. The van der Waals surface area contributed by atoms with Crippen molar-refractivity contribution in [2.45, 2.75) is 39.3 Å². The highest BCUT2D eigenvalue weighted by molar-refractivity contribution is 6.07. The standard InChI is InChI=1S/C30H29N3O2/c1-19(34)21-6-5-7-22(15-21)24-9-10-25(29-26(24)17-31-30(29)35)28-16-23-14-20(8-11-27(23)32-28)18-33-12-3-2-4-13-33/h5-11,14-16,32H,2-4,12-13,17-18H2,1H3,(H,31,35). The number of aromatic amines is 1. The van der Waals surface area contributed by atoms with E-state index in [2.05, 4.69) is 45.5 Å². The Bertz CT molecular complexity index is 1460. The van der Waals surface area contributed by atoms with E-state index in [1.807, 2.05) is 30.3 Å². The number of aromatic nitrogens is 1. The first-order chi connectivity index (χ1) is 17.1. The van der Waals surface area contributed by atoms with Crippen LogP contribution in [0.1, 0.15) is 58.0 Å². The van der Waals surface area contributed by atoms with Crippen molar-refractivity contribution in [2.24, 2.45) is 0 Å². The van der Waals surface area contributed by atoms with Gasteiger partial charge in [0.1, 0.15) is 0 Å². The largest absolute Gasteiger partial charge is 0.355 e. The number of carbonyl (C=O) groups is 2. The predicted molar refractivity (Wildman–Crippen MR) is 139 cm³/mol. The summed E-state index contributed by atoms with van der Waals surface area (Å²) < 4.78 is 0. The number of nitrogens with one attached hydrogen (secondary N) is 2. The third kappa shape index (κ3) is 4.06. The van der Waals surface area contributed by atoms with E-state index in [1.54, 1.807) is 6.92 Å². The summed E-state index contributed by atoms with van der Waals surface area (Å²) in [7, 11) is 0. The monoisotopic (exact) mass is 463 g/mol. The van der Waals surface area contributed by atoms with Gasteiger partial charge in [-0.05, 0) is 79.4 Å². The molecule has 35 heavy (non-hydrogen) atoms. The number of piperidine rings is 1. The van der Waals surface area contributed by atoms with Crippen molar-refractivity contribution < 1.29 is 9.59 Å². The van der Waals surface area contributed by atoms with Crippen LogP contribution < -0.4 is 5.32 Å². The van der Waals surface area contributed by atoms with E-state index >= 15 is 0 Å². The molecule has 2 N–H and O–H groups in total. The molecule has 0 unspecified atom stereocenters. The Morgan fingerprint density at radius 1 is 0.943 bits per heavy atom. The summed E-state index contributed by atoms with van der Waals surface area (Å²) >= 11 is 0. The summed E-state index contributed by atoms with van der Waals surface area (Å²) in [4.78, 5) is 30.9. The molecule has 6 rings (SSSR count). The SMILES string of the molecule is CC(=O)c1cccc(-c2ccc(-c3cc4cc(CN5CCCCC5)ccc4[nH]3)c3c2CNC3=O)c1. The summed E-state index contributed by atoms with van der Waals surface area (Å²) in [5, 5.41) is 4.17. The lowest BCUT2D eigenvalue weighted by molar-refractivity contribution is 0.0965. The Balaban J connectivity index is 1.38. The molecular formula is C30H29N3O2. The molecule has 1 aromatic heterocycles. The van der Waals surface area contributed by atoms with Crippen LogP contribution in [0.3, 0.4) is 0 Å². The average molecular weight is 464 g/mol. The number of benzene rings is 3. The van der Waals surface area contributed by atoms with Crippen LogP contribution in [0.25, 0.3) is 33.3 Å². The van der Waals surface area contributed by atoms with E-state index < -0.39 is 0 Å². The second-order valence-corrected chi connectivity index (χ2v) is 9.78. The second-order valence-electron chi connectivity index (χ2n) is 9.78. The molecule has 0 bridgehead atoms. The van der Waals surface area contributed by atoms with E-state index in [4.69, 9.17) is 0 Å². The van der Waals surface area contributed by atoms with E-state index in [-0.39, 0.29) is 11.7 Å². The van der Waals surface area contributed by atoms with Gasteiger partial charge < -0.3 is 10.3 Å². The minimum Gasteiger partial charge on any atom is -0.355 e. The van der Waals surface area contributed by atoms with Crippen molar-refractivity contribution >= 4 is 22.6 Å². The Morgan fingerprint density at radius 2 is 1.77 bits per heavy atom. The van der Waals surface area contributed by atoms with Crippen LogP contribution in [0, 0.1) is 0 Å². The predicted octanol–water partition coefficient (Wildman–Crippen LogP) is 5.93. The molecule has 0 radical (unpaired) electrons. The summed E-state index contributed by atoms with van der Waals surface area (Å²) in [5.74, 6) is -0.0175. The van der Waals surface area contributed by atoms with Gasteiger partial charge in [0.2, 0.25) is 0 Å². The Hall–Kier alpha value is -3.70. The molecule has 2 aliphatic heterocycles. The van der Waals surface area contributed by atoms with Crippen LogP contribution in [-0.4, -0.2) is 34.7 Å². The topological polar surface area (TPSA) is 65.2 Å². The summed E-state index contributed by atoms with van der Waals surface area (Å²) in [6, 6.07) is 20.5. The van der Waals surface area contributed by atoms with Crippen LogP contribution in [-0.2, 0) is 13.1 Å². The zero-order valence-corrected chi connectivity index (χ0v) is 20.0. The third-order valence-corrected chi connectivity index (χ3v) is 7.38. The maximum Gasteiger partial charge on any atom is 0.252 e. The fourth-order valence-electron chi connectivity index (χ4n) is 5.55. The lowest BCUT2D eigenvalue weighted by atomic mass is 9.91. The van der Waals surface area contributed by atoms with Gasteiger partial charge in [0.25, 0.3) is 5.91 Å². The van der Waals surface area contributed by atoms with E-state index in [9.17, 15) is 9.59 Å². The lowest BCUT2D eigenvalue weighted by Gasteiger charge is -2.26. The molecule has 0 saturated carbocycles. The number of rotatable bonds is 5. The summed E-state index contributed by atoms with van der Waals surface area (Å²) in [6.07, 6.45) is 3.92. The highest BCUT2D eigenvalue weighted by Crippen LogP contribution is 2.37. The minimum absolute atomic E-state index is 0.0343. The molecule has 0 aliphatic carbocycles. The maximum atomic E-state index is 12.9. The Labute approximate surface area is 205 Å². The molecule has 3 aromatic carbocycles. The van der Waals surface area contributed by atoms with Crippen LogP contribution >= 0.6 is 0 Å². The highest BCUT2D eigenvalue weighted by Gasteiger charge is 2.27. The van der Waals surface area contributed by atoms with Crippen molar-refractivity contribution in [3.05, 3.63) is 82.9 Å². The highest BCUT2D eigenvalue weighted by atomic mass is 16.2. The van der Waals surface area contributed by atoms with Crippen molar-refractivity contribution in [1.82, 2.24) is 15.2 Å². The first kappa shape index (κ1) is 21.8. The van der Waals surface area contributed by atoms with Crippen molar-refractivity contribution in [3.8, 4) is 22.4 Å². The Morgan fingerprint density at radius 3 is 2.60 bits per heavy atom. The first-order valence-electron chi connectivity index (χ1n) is 12.5. The van der Waals surface area contributed by atoms with Gasteiger partial charge in [-0.25, -0.2) is 0 Å². The second kappa shape index (κ2) is 8.82. The van der Waals surface area contributed by atoms with E-state index in [0.717, 1.165) is 45.6 Å². The number of hydrogen-bond donors (Lipinski definition) is 2. The Kier molecular flexibility index (Phi) is 5.50. The van der Waals surface area contributed by atoms with Gasteiger partial charge in [0, 0.05) is 40.8 Å². The molecular weight excluding hydrogens is 434 g/mol. The van der Waals surface area contributed by atoms with Gasteiger partial charge in [0.05, 0.1) is 5.56 Å². The number of Topliss-reactive ketones (excluding diaryl/α,β-unsaturated/α-hetero) is 1. The number of fused-ring (bicyclic) bond motifs is 2. The fourth-order valence-corrected chi connectivity index (χ4v) is 5.55. The molecule has 4 aromatic rings. The van der Waals surface area contributed by atoms with Gasteiger partial charge in [-0.3, -0.25) is 14.5 Å². The van der Waals surface area contributed by atoms with Gasteiger partial charge in [-0.2, -0.15) is 0 Å². The van der Waals surface area contributed by atoms with E-state index in [0.29, 0.717) is 12.1 Å². The number of amides is 1. The normalized spacial score (nSPS) is 15.9. The quantitative estimate of drug-likeness (QED) is 0.360. The molecule has 176 valence electrons. The van der Waals surface area contributed by atoms with Gasteiger partial charge in [-0.15, -0.1) is 0 Å². The molecule has 0 spiro atoms. The number of likely N-dealkylation sites (tertiary alicyclic amines) is 1. The smallest absolute Gasteiger partial charge is 0.252 e. The zero-order valence-electron chi connectivity index (χ0n) is 20.0. The third-order valence-electron chi connectivity index (χ3n) is 7.38. The summed E-state index contributed by atoms with van der Waals surface area (Å²) in [5.41, 5.74) is 8.59.